The molecule has 5 nitrogen and oxygen atoms in total. The maximum absolute atomic E-state index is 10.9. The number of carboxylic acids is 1. The Labute approximate surface area is 104 Å². The number of hydrazone groups is 1. The van der Waals surface area contributed by atoms with Crippen LogP contribution in [-0.2, 0) is 0 Å². The number of carboxylic acid groups (broad SMARTS) is 1. The number of carbonyl (C=O) groups excluding carboxylic acids is 1. The zero-order chi connectivity index (χ0) is 13.0. The van der Waals surface area contributed by atoms with Crippen LogP contribution in [0.3, 0.4) is 0 Å². The van der Waals surface area contributed by atoms with Gasteiger partial charge in [0.2, 0.25) is 0 Å². The van der Waals surface area contributed by atoms with Gasteiger partial charge in [-0.2, -0.15) is 5.10 Å². The lowest BCUT2D eigenvalue weighted by Crippen LogP contribution is -2.23. The van der Waals surface area contributed by atoms with Crippen molar-refractivity contribution in [3.05, 3.63) is 54.0 Å². The van der Waals surface area contributed by atoms with Gasteiger partial charge in [0.05, 0.1) is 17.9 Å². The smallest absolute Gasteiger partial charge is 0.149 e. The van der Waals surface area contributed by atoms with Gasteiger partial charge >= 0.3 is 0 Å². The van der Waals surface area contributed by atoms with Crippen LogP contribution in [0.15, 0.2) is 52.2 Å². The van der Waals surface area contributed by atoms with E-state index in [1.165, 1.54) is 6.07 Å². The lowest BCUT2D eigenvalue weighted by atomic mass is 10.2. The molecule has 18 heavy (non-hydrogen) atoms. The minimum Gasteiger partial charge on any atom is -0.545 e. The summed E-state index contributed by atoms with van der Waals surface area (Å²) in [5.74, 6) is -0.627. The van der Waals surface area contributed by atoms with Gasteiger partial charge in [-0.25, -0.2) is 0 Å². The average molecular weight is 243 g/mol. The fourth-order valence-electron chi connectivity index (χ4n) is 1.44. The van der Waals surface area contributed by atoms with Crippen LogP contribution in [0.25, 0.3) is 0 Å². The normalized spacial score (nSPS) is 11.3. The van der Waals surface area contributed by atoms with Crippen LogP contribution in [0.5, 0.6) is 0 Å². The number of benzene rings is 1. The van der Waals surface area contributed by atoms with Gasteiger partial charge in [0.1, 0.15) is 11.5 Å². The summed E-state index contributed by atoms with van der Waals surface area (Å²) < 4.78 is 5.16. The van der Waals surface area contributed by atoms with Crippen LogP contribution >= 0.6 is 0 Å². The van der Waals surface area contributed by atoms with Crippen molar-refractivity contribution < 1.29 is 14.3 Å². The molecule has 0 saturated heterocycles. The Morgan fingerprint density at radius 3 is 2.72 bits per heavy atom. The molecule has 0 radical (unpaired) electrons. The van der Waals surface area contributed by atoms with Gasteiger partial charge in [0.15, 0.2) is 0 Å². The van der Waals surface area contributed by atoms with Crippen molar-refractivity contribution in [3.8, 4) is 0 Å². The van der Waals surface area contributed by atoms with E-state index < -0.39 is 5.97 Å². The van der Waals surface area contributed by atoms with E-state index in [2.05, 4.69) is 10.5 Å². The molecule has 0 bridgehead atoms. The largest absolute Gasteiger partial charge is 0.545 e. The molecule has 0 spiro atoms. The number of hydrogen-bond donors (Lipinski definition) is 1. The van der Waals surface area contributed by atoms with Crippen molar-refractivity contribution in [1.29, 1.82) is 0 Å². The predicted molar refractivity (Wildman–Crippen MR) is 65.3 cm³/mol. The average Bonchev–Trinajstić information content (AvgIpc) is 2.90. The highest BCUT2D eigenvalue weighted by Crippen LogP contribution is 2.14. The Bertz CT molecular complexity index is 574. The first-order valence-corrected chi connectivity index (χ1v) is 5.33. The fraction of sp³-hybridized carbons (Fsp3) is 0.0769. The molecular formula is C13H11N2O3-. The fourth-order valence-corrected chi connectivity index (χ4v) is 1.44. The van der Waals surface area contributed by atoms with E-state index >= 15 is 0 Å². The molecule has 0 atom stereocenters. The molecule has 1 aromatic carbocycles. The topological polar surface area (TPSA) is 77.7 Å². The Morgan fingerprint density at radius 2 is 2.06 bits per heavy atom. The third-order valence-corrected chi connectivity index (χ3v) is 2.37. The molecule has 1 heterocycles. The minimum atomic E-state index is -1.25. The number of hydrogen-bond acceptors (Lipinski definition) is 5. The Kier molecular flexibility index (Phi) is 3.43. The van der Waals surface area contributed by atoms with Gasteiger partial charge in [0, 0.05) is 5.56 Å². The van der Waals surface area contributed by atoms with Gasteiger partial charge in [-0.05, 0) is 25.1 Å². The third kappa shape index (κ3) is 2.57. The number of carbonyl (C=O) groups is 1. The third-order valence-electron chi connectivity index (χ3n) is 2.37. The number of anilines is 1. The van der Waals surface area contributed by atoms with Crippen molar-refractivity contribution in [1.82, 2.24) is 0 Å². The van der Waals surface area contributed by atoms with E-state index in [4.69, 9.17) is 4.42 Å². The Balaban J connectivity index is 2.20. The molecule has 2 rings (SSSR count). The van der Waals surface area contributed by atoms with E-state index in [-0.39, 0.29) is 5.56 Å². The summed E-state index contributed by atoms with van der Waals surface area (Å²) in [7, 11) is 0. The van der Waals surface area contributed by atoms with E-state index in [0.29, 0.717) is 17.2 Å². The second-order valence-electron chi connectivity index (χ2n) is 3.62. The SMILES string of the molecule is C/C(=N/Nc1ccccc1C(=O)[O-])c1ccco1. The first-order valence-electron chi connectivity index (χ1n) is 5.33. The number of rotatable bonds is 4. The lowest BCUT2D eigenvalue weighted by Gasteiger charge is -2.09. The highest BCUT2D eigenvalue weighted by Gasteiger charge is 2.03. The monoisotopic (exact) mass is 243 g/mol. The zero-order valence-electron chi connectivity index (χ0n) is 9.71. The van der Waals surface area contributed by atoms with Crippen molar-refractivity contribution in [2.45, 2.75) is 6.92 Å². The molecular weight excluding hydrogens is 232 g/mol. The number of nitrogens with zero attached hydrogens (tertiary/aromatic N) is 1. The molecule has 0 aliphatic carbocycles. The van der Waals surface area contributed by atoms with Crippen molar-refractivity contribution in [2.75, 3.05) is 5.43 Å². The van der Waals surface area contributed by atoms with Crippen LogP contribution in [-0.4, -0.2) is 11.7 Å². The molecule has 0 fully saturated rings. The van der Waals surface area contributed by atoms with Crippen LogP contribution in [0, 0.1) is 0 Å². The molecule has 0 aliphatic heterocycles. The Hall–Kier alpha value is -2.56. The molecule has 0 saturated carbocycles. The summed E-state index contributed by atoms with van der Waals surface area (Å²) in [4.78, 5) is 10.9. The zero-order valence-corrected chi connectivity index (χ0v) is 9.71. The van der Waals surface area contributed by atoms with Crippen molar-refractivity contribution in [2.24, 2.45) is 5.10 Å². The van der Waals surface area contributed by atoms with E-state index in [1.54, 1.807) is 43.5 Å². The van der Waals surface area contributed by atoms with Crippen LogP contribution in [0.1, 0.15) is 23.0 Å². The summed E-state index contributed by atoms with van der Waals surface area (Å²) in [5.41, 5.74) is 3.75. The summed E-state index contributed by atoms with van der Waals surface area (Å²) >= 11 is 0. The van der Waals surface area contributed by atoms with Gasteiger partial charge in [-0.3, -0.25) is 5.43 Å². The molecule has 0 unspecified atom stereocenters. The molecule has 1 N–H and O–H groups in total. The number of furan rings is 1. The summed E-state index contributed by atoms with van der Waals surface area (Å²) in [6, 6.07) is 9.93. The lowest BCUT2D eigenvalue weighted by molar-refractivity contribution is -0.254. The molecule has 5 heteroatoms. The number of para-hydroxylation sites is 1. The molecule has 2 aromatic rings. The summed E-state index contributed by atoms with van der Waals surface area (Å²) in [6.07, 6.45) is 1.55. The highest BCUT2D eigenvalue weighted by atomic mass is 16.4. The first kappa shape index (κ1) is 11.9. The van der Waals surface area contributed by atoms with Crippen LogP contribution < -0.4 is 10.5 Å². The van der Waals surface area contributed by atoms with E-state index in [9.17, 15) is 9.90 Å². The molecule has 0 amide bonds. The van der Waals surface area contributed by atoms with Crippen LogP contribution in [0.2, 0.25) is 0 Å². The maximum atomic E-state index is 10.9. The highest BCUT2D eigenvalue weighted by molar-refractivity contribution is 5.97. The number of aromatic carboxylic acids is 1. The predicted octanol–water partition coefficient (Wildman–Crippen LogP) is 1.48. The van der Waals surface area contributed by atoms with E-state index in [0.717, 1.165) is 0 Å². The first-order chi connectivity index (χ1) is 8.68. The standard InChI is InChI=1S/C13H12N2O3/c1-9(12-7-4-8-18-12)14-15-11-6-3-2-5-10(11)13(16)17/h2-8,15H,1H3,(H,16,17)/p-1/b14-9-. The Morgan fingerprint density at radius 1 is 1.28 bits per heavy atom. The quantitative estimate of drug-likeness (QED) is 0.651. The van der Waals surface area contributed by atoms with Gasteiger partial charge in [-0.15, -0.1) is 0 Å². The molecule has 0 aliphatic rings. The van der Waals surface area contributed by atoms with Gasteiger partial charge in [0.25, 0.3) is 0 Å². The maximum Gasteiger partial charge on any atom is 0.149 e. The second-order valence-corrected chi connectivity index (χ2v) is 3.62. The minimum absolute atomic E-state index is 0.0634. The molecule has 1 aromatic heterocycles. The summed E-state index contributed by atoms with van der Waals surface area (Å²) in [6.45, 7) is 1.76. The molecule has 92 valence electrons. The van der Waals surface area contributed by atoms with Crippen LogP contribution in [0.4, 0.5) is 5.69 Å². The second kappa shape index (κ2) is 5.18. The van der Waals surface area contributed by atoms with Gasteiger partial charge < -0.3 is 14.3 Å². The van der Waals surface area contributed by atoms with Gasteiger partial charge in [-0.1, -0.05) is 18.2 Å². The number of nitrogens with one attached hydrogen (secondary N) is 1. The van der Waals surface area contributed by atoms with Crippen molar-refractivity contribution >= 4 is 17.4 Å². The van der Waals surface area contributed by atoms with E-state index in [1.807, 2.05) is 0 Å². The van der Waals surface area contributed by atoms with Crippen molar-refractivity contribution in [3.63, 3.8) is 0 Å². The summed E-state index contributed by atoms with van der Waals surface area (Å²) in [5, 5.41) is 14.9.